The van der Waals surface area contributed by atoms with E-state index in [1.165, 1.54) is 0 Å². The van der Waals surface area contributed by atoms with E-state index in [0.717, 1.165) is 21.3 Å². The molecule has 0 unspecified atom stereocenters. The summed E-state index contributed by atoms with van der Waals surface area (Å²) in [5, 5.41) is 4.81. The standard InChI is InChI=1S/C26H21BrClN3O3/c1-33-24-14-19(22(27)15-25(24)34-17-18-8-10-20(28)11-9-18)16-29-30-26(32)21-6-2-3-7-23(21)31-12-4-5-13-31/h2-16H,17H2,1H3,(H,30,32)/b29-16+. The van der Waals surface area contributed by atoms with Crippen molar-refractivity contribution in [2.24, 2.45) is 5.10 Å². The molecule has 4 aromatic rings. The van der Waals surface area contributed by atoms with Crippen LogP contribution >= 0.6 is 27.5 Å². The SMILES string of the molecule is COc1cc(/C=N/NC(=O)c2ccccc2-n2cccc2)c(Br)cc1OCc1ccc(Cl)cc1. The summed E-state index contributed by atoms with van der Waals surface area (Å²) in [4.78, 5) is 12.8. The highest BCUT2D eigenvalue weighted by Crippen LogP contribution is 2.33. The number of hydrazone groups is 1. The van der Waals surface area contributed by atoms with Crippen LogP contribution in [0.2, 0.25) is 5.02 Å². The van der Waals surface area contributed by atoms with Gasteiger partial charge in [-0.15, -0.1) is 0 Å². The molecule has 8 heteroatoms. The van der Waals surface area contributed by atoms with Crippen molar-refractivity contribution in [3.63, 3.8) is 0 Å². The fourth-order valence-electron chi connectivity index (χ4n) is 3.27. The summed E-state index contributed by atoms with van der Waals surface area (Å²) in [7, 11) is 1.57. The minimum Gasteiger partial charge on any atom is -0.493 e. The van der Waals surface area contributed by atoms with E-state index in [2.05, 4.69) is 26.5 Å². The molecule has 4 rings (SSSR count). The number of rotatable bonds is 8. The Bertz CT molecular complexity index is 1310. The first-order valence-corrected chi connectivity index (χ1v) is 11.5. The van der Waals surface area contributed by atoms with Crippen molar-refractivity contribution in [1.82, 2.24) is 9.99 Å². The molecule has 1 aromatic heterocycles. The molecule has 0 aliphatic carbocycles. The number of para-hydroxylation sites is 1. The normalized spacial score (nSPS) is 10.9. The first-order valence-electron chi connectivity index (χ1n) is 10.4. The predicted octanol–water partition coefficient (Wildman–Crippen LogP) is 6.24. The number of methoxy groups -OCH3 is 1. The molecule has 0 spiro atoms. The van der Waals surface area contributed by atoms with E-state index in [4.69, 9.17) is 21.1 Å². The predicted molar refractivity (Wildman–Crippen MR) is 137 cm³/mol. The van der Waals surface area contributed by atoms with Gasteiger partial charge in [0.2, 0.25) is 0 Å². The Balaban J connectivity index is 1.46. The van der Waals surface area contributed by atoms with Gasteiger partial charge in [0.15, 0.2) is 11.5 Å². The highest BCUT2D eigenvalue weighted by Gasteiger charge is 2.12. The Hall–Kier alpha value is -3.55. The van der Waals surface area contributed by atoms with Gasteiger partial charge in [-0.2, -0.15) is 5.10 Å². The van der Waals surface area contributed by atoms with Crippen LogP contribution in [-0.4, -0.2) is 23.8 Å². The van der Waals surface area contributed by atoms with Gasteiger partial charge in [-0.25, -0.2) is 5.43 Å². The lowest BCUT2D eigenvalue weighted by molar-refractivity contribution is 0.0955. The number of hydrogen-bond acceptors (Lipinski definition) is 4. The molecule has 34 heavy (non-hydrogen) atoms. The maximum absolute atomic E-state index is 12.8. The molecule has 6 nitrogen and oxygen atoms in total. The highest BCUT2D eigenvalue weighted by atomic mass is 79.9. The molecule has 0 aliphatic heterocycles. The Morgan fingerprint density at radius 3 is 2.53 bits per heavy atom. The lowest BCUT2D eigenvalue weighted by Gasteiger charge is -2.13. The van der Waals surface area contributed by atoms with Gasteiger partial charge >= 0.3 is 0 Å². The van der Waals surface area contributed by atoms with Gasteiger partial charge in [-0.05, 0) is 70.0 Å². The van der Waals surface area contributed by atoms with Gasteiger partial charge in [-0.1, -0.05) is 35.9 Å². The van der Waals surface area contributed by atoms with Crippen molar-refractivity contribution >= 4 is 39.7 Å². The van der Waals surface area contributed by atoms with Crippen LogP contribution in [0.15, 0.2) is 94.8 Å². The Kier molecular flexibility index (Phi) is 7.67. The van der Waals surface area contributed by atoms with Crippen molar-refractivity contribution < 1.29 is 14.3 Å². The Morgan fingerprint density at radius 1 is 1.06 bits per heavy atom. The number of aromatic nitrogens is 1. The van der Waals surface area contributed by atoms with Gasteiger partial charge in [0.05, 0.1) is 24.6 Å². The van der Waals surface area contributed by atoms with Crippen molar-refractivity contribution in [3.05, 3.63) is 111 Å². The summed E-state index contributed by atoms with van der Waals surface area (Å²) in [5.74, 6) is 0.806. The molecule has 0 fully saturated rings. The molecular weight excluding hydrogens is 518 g/mol. The van der Waals surface area contributed by atoms with E-state index in [9.17, 15) is 4.79 Å². The Labute approximate surface area is 210 Å². The fourth-order valence-corrected chi connectivity index (χ4v) is 3.82. The third-order valence-corrected chi connectivity index (χ3v) is 5.93. The van der Waals surface area contributed by atoms with Crippen LogP contribution in [0.4, 0.5) is 0 Å². The second kappa shape index (κ2) is 11.0. The quantitative estimate of drug-likeness (QED) is 0.213. The van der Waals surface area contributed by atoms with Gasteiger partial charge < -0.3 is 14.0 Å². The molecule has 0 bridgehead atoms. The van der Waals surface area contributed by atoms with Crippen LogP contribution in [0.1, 0.15) is 21.5 Å². The zero-order chi connectivity index (χ0) is 23.9. The molecule has 172 valence electrons. The molecule has 0 atom stereocenters. The number of nitrogens with one attached hydrogen (secondary N) is 1. The van der Waals surface area contributed by atoms with Crippen molar-refractivity contribution in [3.8, 4) is 17.2 Å². The average molecular weight is 539 g/mol. The number of carbonyl (C=O) groups is 1. The van der Waals surface area contributed by atoms with Crippen LogP contribution < -0.4 is 14.9 Å². The molecule has 0 saturated heterocycles. The topological polar surface area (TPSA) is 64.8 Å². The van der Waals surface area contributed by atoms with Crippen molar-refractivity contribution in [2.75, 3.05) is 7.11 Å². The molecule has 1 N–H and O–H groups in total. The molecule has 0 saturated carbocycles. The summed E-state index contributed by atoms with van der Waals surface area (Å²) in [6, 6.07) is 22.2. The third kappa shape index (κ3) is 5.68. The van der Waals surface area contributed by atoms with E-state index in [0.29, 0.717) is 28.7 Å². The van der Waals surface area contributed by atoms with Crippen LogP contribution in [0.25, 0.3) is 5.69 Å². The van der Waals surface area contributed by atoms with Crippen LogP contribution in [-0.2, 0) is 6.61 Å². The largest absolute Gasteiger partial charge is 0.493 e. The fraction of sp³-hybridized carbons (Fsp3) is 0.0769. The number of carbonyl (C=O) groups excluding carboxylic acids is 1. The zero-order valence-corrected chi connectivity index (χ0v) is 20.6. The molecule has 0 radical (unpaired) electrons. The summed E-state index contributed by atoms with van der Waals surface area (Å²) in [6.45, 7) is 0.365. The van der Waals surface area contributed by atoms with Gasteiger partial charge in [0, 0.05) is 27.5 Å². The molecule has 1 heterocycles. The summed E-state index contributed by atoms with van der Waals surface area (Å²) < 4.78 is 14.0. The molecule has 3 aromatic carbocycles. The Morgan fingerprint density at radius 2 is 1.79 bits per heavy atom. The van der Waals surface area contributed by atoms with E-state index in [1.54, 1.807) is 31.5 Å². The van der Waals surface area contributed by atoms with Gasteiger partial charge in [0.1, 0.15) is 6.61 Å². The highest BCUT2D eigenvalue weighted by molar-refractivity contribution is 9.10. The van der Waals surface area contributed by atoms with E-state index < -0.39 is 0 Å². The van der Waals surface area contributed by atoms with Crippen molar-refractivity contribution in [1.29, 1.82) is 0 Å². The molecule has 1 amide bonds. The first kappa shape index (κ1) is 23.6. The third-order valence-electron chi connectivity index (χ3n) is 4.99. The number of ether oxygens (including phenoxy) is 2. The lowest BCUT2D eigenvalue weighted by atomic mass is 10.1. The van der Waals surface area contributed by atoms with Gasteiger partial charge in [0.25, 0.3) is 5.91 Å². The number of nitrogens with zero attached hydrogens (tertiary/aromatic N) is 2. The molecule has 0 aliphatic rings. The minimum absolute atomic E-state index is 0.313. The number of benzene rings is 3. The smallest absolute Gasteiger partial charge is 0.273 e. The number of hydrogen-bond donors (Lipinski definition) is 1. The number of halogens is 2. The average Bonchev–Trinajstić information content (AvgIpc) is 3.39. The lowest BCUT2D eigenvalue weighted by Crippen LogP contribution is -2.19. The monoisotopic (exact) mass is 537 g/mol. The van der Waals surface area contributed by atoms with Crippen molar-refractivity contribution in [2.45, 2.75) is 6.61 Å². The van der Waals surface area contributed by atoms with Gasteiger partial charge in [-0.3, -0.25) is 4.79 Å². The van der Waals surface area contributed by atoms with E-state index in [-0.39, 0.29) is 5.91 Å². The molecular formula is C26H21BrClN3O3. The minimum atomic E-state index is -0.313. The second-order valence-electron chi connectivity index (χ2n) is 7.25. The maximum atomic E-state index is 12.8. The van der Waals surface area contributed by atoms with Crippen LogP contribution in [0, 0.1) is 0 Å². The summed E-state index contributed by atoms with van der Waals surface area (Å²) in [5.41, 5.74) is 5.57. The van der Waals surface area contributed by atoms with Crippen LogP contribution in [0.3, 0.4) is 0 Å². The first-order chi connectivity index (χ1) is 16.5. The van der Waals surface area contributed by atoms with Crippen LogP contribution in [0.5, 0.6) is 11.5 Å². The summed E-state index contributed by atoms with van der Waals surface area (Å²) >= 11 is 9.47. The summed E-state index contributed by atoms with van der Waals surface area (Å²) in [6.07, 6.45) is 5.32. The zero-order valence-electron chi connectivity index (χ0n) is 18.2. The second-order valence-corrected chi connectivity index (χ2v) is 8.54. The number of amides is 1. The van der Waals surface area contributed by atoms with E-state index >= 15 is 0 Å². The maximum Gasteiger partial charge on any atom is 0.273 e. The van der Waals surface area contributed by atoms with E-state index in [1.807, 2.05) is 71.6 Å².